The Morgan fingerprint density at radius 2 is 2.05 bits per heavy atom. The maximum Gasteiger partial charge on any atom is 0.332 e. The van der Waals surface area contributed by atoms with Crippen LogP contribution in [0.5, 0.6) is 0 Å². The Balaban J connectivity index is 2.37. The van der Waals surface area contributed by atoms with Gasteiger partial charge in [-0.05, 0) is 12.1 Å². The van der Waals surface area contributed by atoms with Crippen LogP contribution in [0.15, 0.2) is 32.4 Å². The van der Waals surface area contributed by atoms with Crippen LogP contribution in [0.3, 0.4) is 0 Å². The first-order valence-electron chi connectivity index (χ1n) is 6.33. The predicted octanol–water partition coefficient (Wildman–Crippen LogP) is -0.433. The largest absolute Gasteiger partial charge is 0.467 e. The summed E-state index contributed by atoms with van der Waals surface area (Å²) < 4.78 is 9.12. The zero-order valence-electron chi connectivity index (χ0n) is 11.6. The maximum absolute atomic E-state index is 12.3. The summed E-state index contributed by atoms with van der Waals surface area (Å²) >= 11 is 0. The summed E-state index contributed by atoms with van der Waals surface area (Å²) in [6.07, 6.45) is 1.51. The van der Waals surface area contributed by atoms with Crippen LogP contribution in [0.2, 0.25) is 0 Å². The minimum atomic E-state index is -0.480. The molecule has 0 saturated carbocycles. The van der Waals surface area contributed by atoms with Gasteiger partial charge in [0.1, 0.15) is 18.2 Å². The van der Waals surface area contributed by atoms with Crippen molar-refractivity contribution in [3.63, 3.8) is 0 Å². The summed E-state index contributed by atoms with van der Waals surface area (Å²) in [5.41, 5.74) is -0.411. The van der Waals surface area contributed by atoms with E-state index in [2.05, 4.69) is 4.98 Å². The van der Waals surface area contributed by atoms with Gasteiger partial charge in [-0.25, -0.2) is 9.78 Å². The quantitative estimate of drug-likeness (QED) is 0.706. The first-order valence-corrected chi connectivity index (χ1v) is 6.33. The van der Waals surface area contributed by atoms with Crippen LogP contribution >= 0.6 is 0 Å². The molecule has 0 radical (unpaired) electrons. The first-order chi connectivity index (χ1) is 10.0. The van der Waals surface area contributed by atoms with E-state index in [1.165, 1.54) is 22.4 Å². The molecule has 0 atom stereocenters. The lowest BCUT2D eigenvalue weighted by Crippen LogP contribution is -2.38. The minimum Gasteiger partial charge on any atom is -0.467 e. The van der Waals surface area contributed by atoms with E-state index in [0.29, 0.717) is 11.6 Å². The van der Waals surface area contributed by atoms with Gasteiger partial charge in [-0.2, -0.15) is 0 Å². The highest BCUT2D eigenvalue weighted by atomic mass is 16.3. The summed E-state index contributed by atoms with van der Waals surface area (Å²) in [6, 6.07) is 3.45. The molecule has 0 spiro atoms. The number of aryl methyl sites for hydroxylation is 1. The van der Waals surface area contributed by atoms with Crippen LogP contribution in [-0.2, 0) is 27.2 Å². The number of aliphatic hydroxyl groups is 1. The Kier molecular flexibility index (Phi) is 3.02. The Morgan fingerprint density at radius 1 is 1.29 bits per heavy atom. The fourth-order valence-corrected chi connectivity index (χ4v) is 2.32. The van der Waals surface area contributed by atoms with E-state index in [0.717, 1.165) is 4.57 Å². The van der Waals surface area contributed by atoms with Crippen LogP contribution in [-0.4, -0.2) is 23.8 Å². The van der Waals surface area contributed by atoms with Crippen molar-refractivity contribution in [1.29, 1.82) is 0 Å². The highest BCUT2D eigenvalue weighted by Crippen LogP contribution is 2.11. The standard InChI is InChI=1S/C13H14N4O4/c1-15-9(7-18)14-11-10(15)12(19)16(2)13(20)17(11)6-8-4-3-5-21-8/h3-5,18H,6-7H2,1-2H3. The van der Waals surface area contributed by atoms with Crippen LogP contribution < -0.4 is 11.2 Å². The molecule has 21 heavy (non-hydrogen) atoms. The normalized spacial score (nSPS) is 11.4. The summed E-state index contributed by atoms with van der Waals surface area (Å²) in [7, 11) is 3.04. The van der Waals surface area contributed by atoms with Crippen LogP contribution in [0.25, 0.3) is 11.2 Å². The highest BCUT2D eigenvalue weighted by molar-refractivity contribution is 5.71. The summed E-state index contributed by atoms with van der Waals surface area (Å²) in [5, 5.41) is 9.30. The monoisotopic (exact) mass is 290 g/mol. The molecule has 0 aliphatic rings. The van der Waals surface area contributed by atoms with Crippen molar-refractivity contribution in [2.45, 2.75) is 13.2 Å². The van der Waals surface area contributed by atoms with E-state index in [1.54, 1.807) is 19.2 Å². The van der Waals surface area contributed by atoms with Gasteiger partial charge in [0.15, 0.2) is 11.2 Å². The molecule has 0 amide bonds. The Hall–Kier alpha value is -2.61. The molecule has 3 rings (SSSR count). The molecule has 0 bridgehead atoms. The number of hydrogen-bond donors (Lipinski definition) is 1. The fraction of sp³-hybridized carbons (Fsp3) is 0.308. The molecule has 0 aliphatic heterocycles. The predicted molar refractivity (Wildman–Crippen MR) is 73.9 cm³/mol. The smallest absolute Gasteiger partial charge is 0.332 e. The van der Waals surface area contributed by atoms with Crippen molar-refractivity contribution in [2.24, 2.45) is 14.1 Å². The Bertz CT molecular complexity index is 914. The number of imidazole rings is 1. The molecule has 0 saturated heterocycles. The van der Waals surface area contributed by atoms with Gasteiger partial charge < -0.3 is 14.1 Å². The second kappa shape index (κ2) is 4.74. The van der Waals surface area contributed by atoms with Crippen molar-refractivity contribution >= 4 is 11.2 Å². The average molecular weight is 290 g/mol. The molecule has 3 aromatic rings. The van der Waals surface area contributed by atoms with Crippen LogP contribution in [0, 0.1) is 0 Å². The summed E-state index contributed by atoms with van der Waals surface area (Å²) in [4.78, 5) is 28.7. The zero-order valence-corrected chi connectivity index (χ0v) is 11.6. The number of fused-ring (bicyclic) bond motifs is 1. The van der Waals surface area contributed by atoms with E-state index in [4.69, 9.17) is 4.42 Å². The highest BCUT2D eigenvalue weighted by Gasteiger charge is 2.18. The number of aliphatic hydroxyl groups excluding tert-OH is 1. The third-order valence-electron chi connectivity index (χ3n) is 3.49. The van der Waals surface area contributed by atoms with E-state index in [1.807, 2.05) is 0 Å². The lowest BCUT2D eigenvalue weighted by Gasteiger charge is -2.07. The van der Waals surface area contributed by atoms with Crippen LogP contribution in [0.4, 0.5) is 0 Å². The molecule has 3 heterocycles. The number of nitrogens with zero attached hydrogens (tertiary/aromatic N) is 4. The number of furan rings is 1. The molecule has 0 aliphatic carbocycles. The number of hydrogen-bond acceptors (Lipinski definition) is 5. The molecule has 0 fully saturated rings. The molecule has 1 N–H and O–H groups in total. The molecule has 0 unspecified atom stereocenters. The van der Waals surface area contributed by atoms with Gasteiger partial charge in [0.05, 0.1) is 12.8 Å². The first kappa shape index (κ1) is 13.4. The van der Waals surface area contributed by atoms with Gasteiger partial charge in [0.25, 0.3) is 5.56 Å². The number of rotatable bonds is 3. The van der Waals surface area contributed by atoms with Crippen molar-refractivity contribution in [3.05, 3.63) is 50.8 Å². The van der Waals surface area contributed by atoms with Gasteiger partial charge in [0, 0.05) is 14.1 Å². The average Bonchev–Trinajstić information content (AvgIpc) is 3.09. The van der Waals surface area contributed by atoms with Crippen molar-refractivity contribution < 1.29 is 9.52 Å². The van der Waals surface area contributed by atoms with Crippen molar-refractivity contribution in [2.75, 3.05) is 0 Å². The molecular weight excluding hydrogens is 276 g/mol. The van der Waals surface area contributed by atoms with Crippen molar-refractivity contribution in [3.8, 4) is 0 Å². The lowest BCUT2D eigenvalue weighted by atomic mass is 10.4. The minimum absolute atomic E-state index is 0.165. The Labute approximate surface area is 118 Å². The second-order valence-corrected chi connectivity index (χ2v) is 4.73. The maximum atomic E-state index is 12.3. The summed E-state index contributed by atoms with van der Waals surface area (Å²) in [5.74, 6) is 0.897. The summed E-state index contributed by atoms with van der Waals surface area (Å²) in [6.45, 7) is -0.151. The van der Waals surface area contributed by atoms with E-state index < -0.39 is 11.2 Å². The third-order valence-corrected chi connectivity index (χ3v) is 3.49. The SMILES string of the molecule is Cn1c(=O)c2c(nc(CO)n2C)n(Cc2ccco2)c1=O. The third kappa shape index (κ3) is 1.91. The lowest BCUT2D eigenvalue weighted by molar-refractivity contribution is 0.268. The van der Waals surface area contributed by atoms with Crippen LogP contribution in [0.1, 0.15) is 11.6 Å². The van der Waals surface area contributed by atoms with E-state index in [-0.39, 0.29) is 24.3 Å². The van der Waals surface area contributed by atoms with Gasteiger partial charge in [-0.1, -0.05) is 0 Å². The molecule has 3 aromatic heterocycles. The second-order valence-electron chi connectivity index (χ2n) is 4.73. The van der Waals surface area contributed by atoms with Crippen molar-refractivity contribution in [1.82, 2.24) is 18.7 Å². The molecule has 0 aromatic carbocycles. The van der Waals surface area contributed by atoms with Gasteiger partial charge in [0.2, 0.25) is 0 Å². The molecule has 110 valence electrons. The van der Waals surface area contributed by atoms with Gasteiger partial charge in [-0.15, -0.1) is 0 Å². The molecule has 8 nitrogen and oxygen atoms in total. The molecule has 8 heteroatoms. The van der Waals surface area contributed by atoms with E-state index in [9.17, 15) is 14.7 Å². The van der Waals surface area contributed by atoms with Gasteiger partial charge >= 0.3 is 5.69 Å². The fourth-order valence-electron chi connectivity index (χ4n) is 2.32. The molecular formula is C13H14N4O4. The topological polar surface area (TPSA) is 95.2 Å². The Morgan fingerprint density at radius 3 is 2.67 bits per heavy atom. The van der Waals surface area contributed by atoms with Gasteiger partial charge in [-0.3, -0.25) is 13.9 Å². The zero-order chi connectivity index (χ0) is 15.1. The number of aromatic nitrogens is 4. The van der Waals surface area contributed by atoms with E-state index >= 15 is 0 Å².